The Morgan fingerprint density at radius 3 is 2.50 bits per heavy atom. The van der Waals surface area contributed by atoms with Crippen LogP contribution in [0.3, 0.4) is 0 Å². The van der Waals surface area contributed by atoms with Crippen LogP contribution in [-0.2, 0) is 0 Å². The lowest BCUT2D eigenvalue weighted by molar-refractivity contribution is 0.698. The molecule has 46 valence electrons. The molecule has 0 saturated carbocycles. The van der Waals surface area contributed by atoms with Gasteiger partial charge < -0.3 is 0 Å². The van der Waals surface area contributed by atoms with Crippen LogP contribution in [0.5, 0.6) is 0 Å². The molecule has 8 heavy (non-hydrogen) atoms. The Kier molecular flexibility index (Phi) is 3.02. The average molecular weight is 146 g/mol. The molecule has 0 aromatic heterocycles. The molecule has 0 spiro atoms. The minimum Gasteiger partial charge on any atom is -0.0654 e. The lowest BCUT2D eigenvalue weighted by Crippen LogP contribution is -1.78. The van der Waals surface area contributed by atoms with Crippen LogP contribution < -0.4 is 0 Å². The molecule has 0 nitrogen and oxygen atoms in total. The molecule has 0 atom stereocenters. The van der Waals surface area contributed by atoms with Crippen LogP contribution in [0.25, 0.3) is 0 Å². The van der Waals surface area contributed by atoms with Gasteiger partial charge >= 0.3 is 0 Å². The molecule has 1 heterocycles. The van der Waals surface area contributed by atoms with E-state index in [4.69, 9.17) is 0 Å². The van der Waals surface area contributed by atoms with E-state index >= 15 is 0 Å². The van der Waals surface area contributed by atoms with Crippen LogP contribution >= 0.6 is 15.7 Å². The van der Waals surface area contributed by atoms with Gasteiger partial charge in [0.25, 0.3) is 0 Å². The first kappa shape index (κ1) is 6.72. The standard InChI is InChI=1S/C6H12P2/c1-2-3-4-5-6-7-8-6/h6H,2-5H2,1H3. The summed E-state index contributed by atoms with van der Waals surface area (Å²) in [6.45, 7) is 2.27. The van der Waals surface area contributed by atoms with Crippen molar-refractivity contribution in [3.05, 3.63) is 0 Å². The van der Waals surface area contributed by atoms with Gasteiger partial charge in [0.15, 0.2) is 0 Å². The quantitative estimate of drug-likeness (QED) is 0.419. The van der Waals surface area contributed by atoms with E-state index in [0.29, 0.717) is 0 Å². The van der Waals surface area contributed by atoms with Crippen LogP contribution in [0, 0.1) is 0 Å². The number of rotatable bonds is 4. The third kappa shape index (κ3) is 2.80. The molecule has 0 unspecified atom stereocenters. The van der Waals surface area contributed by atoms with Crippen LogP contribution in [0.1, 0.15) is 32.6 Å². The van der Waals surface area contributed by atoms with Crippen molar-refractivity contribution in [1.82, 2.24) is 0 Å². The molecule has 0 aliphatic carbocycles. The zero-order valence-corrected chi connectivity index (χ0v) is 7.09. The van der Waals surface area contributed by atoms with E-state index in [0.717, 1.165) is 5.40 Å². The van der Waals surface area contributed by atoms with Crippen molar-refractivity contribution in [2.75, 3.05) is 0 Å². The minimum atomic E-state index is 1.10. The van der Waals surface area contributed by atoms with Crippen LogP contribution in [0.4, 0.5) is 0 Å². The van der Waals surface area contributed by atoms with E-state index in [2.05, 4.69) is 6.92 Å². The third-order valence-electron chi connectivity index (χ3n) is 1.34. The summed E-state index contributed by atoms with van der Waals surface area (Å²) in [7, 11) is 3.40. The van der Waals surface area contributed by atoms with Gasteiger partial charge in [-0.2, -0.15) is 0 Å². The van der Waals surface area contributed by atoms with Gasteiger partial charge in [-0.15, -0.1) is 0 Å². The molecule has 0 radical (unpaired) electrons. The highest BCUT2D eigenvalue weighted by molar-refractivity contribution is 8.02. The van der Waals surface area contributed by atoms with E-state index in [1.165, 1.54) is 25.7 Å². The van der Waals surface area contributed by atoms with E-state index in [1.807, 2.05) is 0 Å². The molecule has 0 N–H and O–H groups in total. The molecular weight excluding hydrogens is 134 g/mol. The second-order valence-corrected chi connectivity index (χ2v) is 5.71. The Bertz CT molecular complexity index is 82.5. The van der Waals surface area contributed by atoms with Crippen LogP contribution in [0.15, 0.2) is 0 Å². The predicted molar refractivity (Wildman–Crippen MR) is 41.8 cm³/mol. The van der Waals surface area contributed by atoms with Gasteiger partial charge in [-0.3, -0.25) is 0 Å². The Morgan fingerprint density at radius 1 is 1.25 bits per heavy atom. The van der Waals surface area contributed by atoms with E-state index in [1.54, 1.807) is 15.7 Å². The Balaban J connectivity index is 1.75. The molecule has 1 aliphatic heterocycles. The van der Waals surface area contributed by atoms with E-state index in [-0.39, 0.29) is 0 Å². The Hall–Kier alpha value is 0.600. The summed E-state index contributed by atoms with van der Waals surface area (Å²) in [5, 5.41) is 1.10. The second-order valence-electron chi connectivity index (χ2n) is 2.21. The van der Waals surface area contributed by atoms with Crippen LogP contribution in [0.2, 0.25) is 0 Å². The van der Waals surface area contributed by atoms with Crippen LogP contribution in [-0.4, -0.2) is 5.40 Å². The number of hydrogen-bond donors (Lipinski definition) is 0. The number of hydrogen-bond acceptors (Lipinski definition) is 0. The van der Waals surface area contributed by atoms with Crippen molar-refractivity contribution in [3.8, 4) is 0 Å². The fourth-order valence-electron chi connectivity index (χ4n) is 0.740. The second kappa shape index (κ2) is 3.59. The minimum absolute atomic E-state index is 1.10. The highest BCUT2D eigenvalue weighted by Crippen LogP contribution is 2.50. The van der Waals surface area contributed by atoms with Gasteiger partial charge in [-0.1, -0.05) is 41.9 Å². The van der Waals surface area contributed by atoms with Crippen molar-refractivity contribution in [2.24, 2.45) is 0 Å². The maximum Gasteiger partial charge on any atom is 0.0508 e. The van der Waals surface area contributed by atoms with Gasteiger partial charge in [0.1, 0.15) is 0 Å². The summed E-state index contributed by atoms with van der Waals surface area (Å²) < 4.78 is 0. The number of unbranched alkanes of at least 4 members (excludes halogenated alkanes) is 2. The molecule has 0 bridgehead atoms. The zero-order valence-electron chi connectivity index (χ0n) is 5.30. The molecule has 1 rings (SSSR count). The lowest BCUT2D eigenvalue weighted by Gasteiger charge is -1.92. The van der Waals surface area contributed by atoms with Crippen molar-refractivity contribution in [1.29, 1.82) is 0 Å². The van der Waals surface area contributed by atoms with Gasteiger partial charge in [0.05, 0.1) is 5.40 Å². The topological polar surface area (TPSA) is 0 Å². The van der Waals surface area contributed by atoms with Gasteiger partial charge in [0.2, 0.25) is 0 Å². The Morgan fingerprint density at radius 2 is 2.00 bits per heavy atom. The largest absolute Gasteiger partial charge is 0.0654 e. The lowest BCUT2D eigenvalue weighted by atomic mass is 10.2. The summed E-state index contributed by atoms with van der Waals surface area (Å²) >= 11 is 0. The summed E-state index contributed by atoms with van der Waals surface area (Å²) in [5.41, 5.74) is 0. The first-order valence-corrected chi connectivity index (χ1v) is 5.96. The normalized spacial score (nSPS) is 27.9. The molecular formula is C6H12P2. The van der Waals surface area contributed by atoms with E-state index < -0.39 is 0 Å². The molecule has 0 amide bonds. The van der Waals surface area contributed by atoms with Crippen molar-refractivity contribution >= 4 is 15.7 Å². The summed E-state index contributed by atoms with van der Waals surface area (Å²) in [6, 6.07) is 0. The van der Waals surface area contributed by atoms with Gasteiger partial charge in [-0.05, 0) is 6.42 Å². The highest BCUT2D eigenvalue weighted by atomic mass is 31.8. The van der Waals surface area contributed by atoms with Gasteiger partial charge in [0, 0.05) is 0 Å². The SMILES string of the molecule is CCCCCC1P=P1. The Labute approximate surface area is 54.5 Å². The summed E-state index contributed by atoms with van der Waals surface area (Å²) in [6.07, 6.45) is 5.79. The zero-order chi connectivity index (χ0) is 5.82. The molecule has 0 aromatic rings. The van der Waals surface area contributed by atoms with Crippen molar-refractivity contribution in [2.45, 2.75) is 38.0 Å². The third-order valence-corrected chi connectivity index (χ3v) is 4.09. The molecule has 2 heteroatoms. The predicted octanol–water partition coefficient (Wildman–Crippen LogP) is 3.71. The summed E-state index contributed by atoms with van der Waals surface area (Å²) in [5.74, 6) is 0. The maximum atomic E-state index is 2.27. The van der Waals surface area contributed by atoms with Gasteiger partial charge in [-0.25, -0.2) is 0 Å². The molecule has 0 fully saturated rings. The first-order chi connectivity index (χ1) is 3.93. The average Bonchev–Trinajstić information content (AvgIpc) is 2.51. The molecule has 0 saturated heterocycles. The first-order valence-electron chi connectivity index (χ1n) is 3.33. The highest BCUT2D eigenvalue weighted by Gasteiger charge is 2.10. The molecule has 1 aliphatic rings. The fourth-order valence-corrected chi connectivity index (χ4v) is 2.41. The van der Waals surface area contributed by atoms with Crippen molar-refractivity contribution < 1.29 is 0 Å². The smallest absolute Gasteiger partial charge is 0.0508 e. The van der Waals surface area contributed by atoms with E-state index in [9.17, 15) is 0 Å². The van der Waals surface area contributed by atoms with Crippen molar-refractivity contribution in [3.63, 3.8) is 0 Å². The molecule has 0 aromatic carbocycles. The monoisotopic (exact) mass is 146 g/mol. The summed E-state index contributed by atoms with van der Waals surface area (Å²) in [4.78, 5) is 0. The maximum absolute atomic E-state index is 2.27. The fraction of sp³-hybridized carbons (Fsp3) is 1.00.